The number of anilines is 1. The van der Waals surface area contributed by atoms with Gasteiger partial charge in [0.1, 0.15) is 5.75 Å². The van der Waals surface area contributed by atoms with Crippen LogP contribution in [-0.4, -0.2) is 38.3 Å². The molecule has 1 heterocycles. The van der Waals surface area contributed by atoms with E-state index in [2.05, 4.69) is 22.8 Å². The summed E-state index contributed by atoms with van der Waals surface area (Å²) in [4.78, 5) is 12.2. The van der Waals surface area contributed by atoms with Crippen molar-refractivity contribution >= 4 is 11.6 Å². The lowest BCUT2D eigenvalue weighted by Gasteiger charge is -2.14. The summed E-state index contributed by atoms with van der Waals surface area (Å²) >= 11 is 0. The van der Waals surface area contributed by atoms with E-state index in [0.29, 0.717) is 24.6 Å². The Morgan fingerprint density at radius 2 is 1.93 bits per heavy atom. The molecule has 3 rings (SSSR count). The molecule has 1 amide bonds. The van der Waals surface area contributed by atoms with Crippen LogP contribution in [0.4, 0.5) is 5.69 Å². The van der Waals surface area contributed by atoms with Gasteiger partial charge in [0.15, 0.2) is 0 Å². The number of hydrogen-bond acceptors (Lipinski definition) is 4. The van der Waals surface area contributed by atoms with Crippen molar-refractivity contribution in [2.24, 2.45) is 0 Å². The van der Waals surface area contributed by atoms with Gasteiger partial charge in [-0.3, -0.25) is 4.79 Å². The third-order valence-corrected chi connectivity index (χ3v) is 4.55. The molecule has 1 unspecified atom stereocenters. The Morgan fingerprint density at radius 1 is 1.11 bits per heavy atom. The summed E-state index contributed by atoms with van der Waals surface area (Å²) in [5.41, 5.74) is 2.01. The number of carbonyl (C=O) groups excluding carboxylic acids is 1. The number of aryl methyl sites for hydroxylation is 1. The lowest BCUT2D eigenvalue weighted by molar-refractivity contribution is -0.115. The zero-order chi connectivity index (χ0) is 18.7. The number of benzene rings is 2. The van der Waals surface area contributed by atoms with E-state index < -0.39 is 0 Å². The van der Waals surface area contributed by atoms with Crippen LogP contribution in [-0.2, 0) is 16.0 Å². The van der Waals surface area contributed by atoms with Crippen LogP contribution in [0, 0.1) is 0 Å². The Kier molecular flexibility index (Phi) is 7.69. The molecule has 5 heteroatoms. The third kappa shape index (κ3) is 6.70. The first-order chi connectivity index (χ1) is 13.3. The molecule has 0 spiro atoms. The standard InChI is InChI=1S/C22H28N2O3/c25-22(17-23-16-19-11-7-14-26-19)24-20-12-4-5-13-21(20)27-15-6-10-18-8-2-1-3-9-18/h1-5,8-9,12-13,19,23H,6-7,10-11,14-17H2,(H,24,25). The van der Waals surface area contributed by atoms with E-state index in [0.717, 1.165) is 32.3 Å². The van der Waals surface area contributed by atoms with Gasteiger partial charge in [-0.1, -0.05) is 42.5 Å². The molecule has 2 aromatic rings. The Balaban J connectivity index is 1.40. The van der Waals surface area contributed by atoms with E-state index in [-0.39, 0.29) is 18.6 Å². The summed E-state index contributed by atoms with van der Waals surface area (Å²) in [6.45, 7) is 2.42. The molecule has 2 aromatic carbocycles. The number of carbonyl (C=O) groups is 1. The Labute approximate surface area is 161 Å². The van der Waals surface area contributed by atoms with Crippen molar-refractivity contribution in [2.45, 2.75) is 31.8 Å². The summed E-state index contributed by atoms with van der Waals surface area (Å²) in [6, 6.07) is 17.9. The molecule has 144 valence electrons. The minimum absolute atomic E-state index is 0.0756. The van der Waals surface area contributed by atoms with Gasteiger partial charge in [0, 0.05) is 13.2 Å². The number of hydrogen-bond donors (Lipinski definition) is 2. The molecule has 0 aliphatic carbocycles. The van der Waals surface area contributed by atoms with Crippen LogP contribution in [0.2, 0.25) is 0 Å². The fourth-order valence-corrected chi connectivity index (χ4v) is 3.15. The summed E-state index contributed by atoms with van der Waals surface area (Å²) < 4.78 is 11.4. The van der Waals surface area contributed by atoms with Crippen LogP contribution in [0.1, 0.15) is 24.8 Å². The molecule has 0 aromatic heterocycles. The Morgan fingerprint density at radius 3 is 2.74 bits per heavy atom. The number of rotatable bonds is 10. The third-order valence-electron chi connectivity index (χ3n) is 4.55. The van der Waals surface area contributed by atoms with Gasteiger partial charge in [-0.05, 0) is 43.4 Å². The molecule has 1 aliphatic rings. The highest BCUT2D eigenvalue weighted by Crippen LogP contribution is 2.24. The molecule has 27 heavy (non-hydrogen) atoms. The maximum atomic E-state index is 12.2. The maximum Gasteiger partial charge on any atom is 0.238 e. The van der Waals surface area contributed by atoms with E-state index in [1.54, 1.807) is 0 Å². The molecular formula is C22H28N2O3. The van der Waals surface area contributed by atoms with Gasteiger partial charge in [0.25, 0.3) is 0 Å². The summed E-state index contributed by atoms with van der Waals surface area (Å²) in [5.74, 6) is 0.631. The Hall–Kier alpha value is -2.37. The van der Waals surface area contributed by atoms with E-state index in [9.17, 15) is 4.79 Å². The highest BCUT2D eigenvalue weighted by Gasteiger charge is 2.15. The molecule has 0 radical (unpaired) electrons. The zero-order valence-corrected chi connectivity index (χ0v) is 15.7. The van der Waals surface area contributed by atoms with Crippen molar-refractivity contribution < 1.29 is 14.3 Å². The van der Waals surface area contributed by atoms with Crippen molar-refractivity contribution in [2.75, 3.05) is 31.6 Å². The smallest absolute Gasteiger partial charge is 0.238 e. The second kappa shape index (κ2) is 10.7. The van der Waals surface area contributed by atoms with Gasteiger partial charge in [-0.25, -0.2) is 0 Å². The molecule has 1 fully saturated rings. The average Bonchev–Trinajstić information content (AvgIpc) is 3.21. The first-order valence-corrected chi connectivity index (χ1v) is 9.69. The SMILES string of the molecule is O=C(CNCC1CCCO1)Nc1ccccc1OCCCc1ccccc1. The van der Waals surface area contributed by atoms with Crippen molar-refractivity contribution in [3.8, 4) is 5.75 Å². The van der Waals surface area contributed by atoms with Gasteiger partial charge >= 0.3 is 0 Å². The first kappa shape index (κ1) is 19.4. The first-order valence-electron chi connectivity index (χ1n) is 9.69. The molecular weight excluding hydrogens is 340 g/mol. The van der Waals surface area contributed by atoms with Crippen LogP contribution < -0.4 is 15.4 Å². The second-order valence-corrected chi connectivity index (χ2v) is 6.75. The Bertz CT molecular complexity index is 700. The lowest BCUT2D eigenvalue weighted by atomic mass is 10.1. The van der Waals surface area contributed by atoms with Crippen molar-refractivity contribution in [1.82, 2.24) is 5.32 Å². The molecule has 5 nitrogen and oxygen atoms in total. The lowest BCUT2D eigenvalue weighted by Crippen LogP contribution is -2.33. The molecule has 0 bridgehead atoms. The minimum atomic E-state index is -0.0756. The molecule has 1 atom stereocenters. The molecule has 0 saturated carbocycles. The van der Waals surface area contributed by atoms with Crippen LogP contribution in [0.5, 0.6) is 5.75 Å². The average molecular weight is 368 g/mol. The number of nitrogens with one attached hydrogen (secondary N) is 2. The summed E-state index contributed by atoms with van der Waals surface area (Å²) in [5, 5.41) is 6.09. The van der Waals surface area contributed by atoms with Crippen LogP contribution in [0.25, 0.3) is 0 Å². The molecule has 1 aliphatic heterocycles. The quantitative estimate of drug-likeness (QED) is 0.631. The molecule has 2 N–H and O–H groups in total. The normalized spacial score (nSPS) is 16.2. The second-order valence-electron chi connectivity index (χ2n) is 6.75. The topological polar surface area (TPSA) is 59.6 Å². The monoisotopic (exact) mass is 368 g/mol. The van der Waals surface area contributed by atoms with E-state index >= 15 is 0 Å². The van der Waals surface area contributed by atoms with Gasteiger partial charge in [-0.15, -0.1) is 0 Å². The van der Waals surface area contributed by atoms with E-state index in [1.807, 2.05) is 42.5 Å². The fourth-order valence-electron chi connectivity index (χ4n) is 3.15. The zero-order valence-electron chi connectivity index (χ0n) is 15.7. The number of para-hydroxylation sites is 2. The summed E-state index contributed by atoms with van der Waals surface area (Å²) in [7, 11) is 0. The van der Waals surface area contributed by atoms with Gasteiger partial charge < -0.3 is 20.1 Å². The predicted octanol–water partition coefficient (Wildman–Crippen LogP) is 3.41. The van der Waals surface area contributed by atoms with Gasteiger partial charge in [0.05, 0.1) is 24.9 Å². The van der Waals surface area contributed by atoms with Gasteiger partial charge in [-0.2, -0.15) is 0 Å². The predicted molar refractivity (Wildman–Crippen MR) is 107 cm³/mol. The highest BCUT2D eigenvalue weighted by molar-refractivity contribution is 5.93. The van der Waals surface area contributed by atoms with Crippen LogP contribution in [0.15, 0.2) is 54.6 Å². The highest BCUT2D eigenvalue weighted by atomic mass is 16.5. The minimum Gasteiger partial charge on any atom is -0.491 e. The largest absolute Gasteiger partial charge is 0.491 e. The van der Waals surface area contributed by atoms with Crippen LogP contribution >= 0.6 is 0 Å². The van der Waals surface area contributed by atoms with Crippen molar-refractivity contribution in [3.05, 3.63) is 60.2 Å². The molecule has 1 saturated heterocycles. The fraction of sp³-hybridized carbons (Fsp3) is 0.409. The number of amides is 1. The van der Waals surface area contributed by atoms with Crippen molar-refractivity contribution in [1.29, 1.82) is 0 Å². The van der Waals surface area contributed by atoms with Gasteiger partial charge in [0.2, 0.25) is 5.91 Å². The number of ether oxygens (including phenoxy) is 2. The van der Waals surface area contributed by atoms with Crippen LogP contribution in [0.3, 0.4) is 0 Å². The summed E-state index contributed by atoms with van der Waals surface area (Å²) in [6.07, 6.45) is 4.30. The van der Waals surface area contributed by atoms with E-state index in [4.69, 9.17) is 9.47 Å². The van der Waals surface area contributed by atoms with Crippen molar-refractivity contribution in [3.63, 3.8) is 0 Å². The maximum absolute atomic E-state index is 12.2. The van der Waals surface area contributed by atoms with E-state index in [1.165, 1.54) is 5.56 Å².